The van der Waals surface area contributed by atoms with Gasteiger partial charge in [-0.15, -0.1) is 0 Å². The molecule has 0 heterocycles. The molecule has 0 aliphatic carbocycles. The molecule has 0 fully saturated rings. The summed E-state index contributed by atoms with van der Waals surface area (Å²) in [5.74, 6) is 0. The van der Waals surface area contributed by atoms with Crippen molar-refractivity contribution in [2.45, 2.75) is 0 Å². The average molecular weight is 177 g/mol. The van der Waals surface area contributed by atoms with Crippen molar-refractivity contribution >= 4 is 12.4 Å². The molecule has 0 saturated carbocycles. The predicted octanol–water partition coefficient (Wildman–Crippen LogP) is 1.73. The maximum absolute atomic E-state index is 9.89. The molecule has 0 unspecified atom stereocenters. The summed E-state index contributed by atoms with van der Waals surface area (Å²) in [5, 5.41) is 2.75. The second kappa shape index (κ2) is 8.68. The Labute approximate surface area is 79.3 Å². The summed E-state index contributed by atoms with van der Waals surface area (Å²) < 4.78 is 0. The summed E-state index contributed by atoms with van der Waals surface area (Å²) in [7, 11) is 3.75. The third-order valence-corrected chi connectivity index (χ3v) is 1.17. The fourth-order valence-corrected chi connectivity index (χ4v) is 0.715. The molecule has 0 spiro atoms. The molecule has 1 N–H and O–H groups in total. The number of nitrogens with one attached hydrogen (secondary N) is 1. The van der Waals surface area contributed by atoms with Gasteiger partial charge in [-0.3, -0.25) is 4.79 Å². The Morgan fingerprint density at radius 1 is 1.15 bits per heavy atom. The molecule has 0 aliphatic heterocycles. The number of hydrogen-bond donors (Lipinski definition) is 1. The minimum Gasteiger partial charge on any atom is -0.323 e. The van der Waals surface area contributed by atoms with Crippen molar-refractivity contribution < 1.29 is 4.79 Å². The van der Waals surface area contributed by atoms with E-state index in [1.165, 1.54) is 6.08 Å². The van der Waals surface area contributed by atoms with Crippen molar-refractivity contribution in [1.82, 2.24) is 5.32 Å². The lowest BCUT2D eigenvalue weighted by molar-refractivity contribution is -0.104. The molecule has 13 heavy (non-hydrogen) atoms. The normalized spacial score (nSPS) is 9.08. The second-order valence-corrected chi connectivity index (χ2v) is 2.41. The first-order valence-electron chi connectivity index (χ1n) is 4.10. The molecule has 2 heteroatoms. The lowest BCUT2D eigenvalue weighted by atomic mass is 10.2. The average Bonchev–Trinajstić information content (AvgIpc) is 2.18. The van der Waals surface area contributed by atoms with E-state index in [9.17, 15) is 4.79 Å². The Kier molecular flexibility index (Phi) is 7.74. The molecule has 1 rings (SSSR count). The maximum atomic E-state index is 9.89. The van der Waals surface area contributed by atoms with Crippen molar-refractivity contribution in [2.24, 2.45) is 0 Å². The van der Waals surface area contributed by atoms with Gasteiger partial charge in [-0.05, 0) is 25.7 Å². The van der Waals surface area contributed by atoms with Crippen LogP contribution in [0.2, 0.25) is 0 Å². The summed E-state index contributed by atoms with van der Waals surface area (Å²) in [5.41, 5.74) is 1.05. The summed E-state index contributed by atoms with van der Waals surface area (Å²) in [6.45, 7) is 0. The highest BCUT2D eigenvalue weighted by Crippen LogP contribution is 1.99. The van der Waals surface area contributed by atoms with E-state index in [0.29, 0.717) is 0 Å². The highest BCUT2D eigenvalue weighted by Gasteiger charge is 1.79. The molecule has 0 aliphatic rings. The second-order valence-electron chi connectivity index (χ2n) is 2.41. The summed E-state index contributed by atoms with van der Waals surface area (Å²) >= 11 is 0. The van der Waals surface area contributed by atoms with Gasteiger partial charge in [0.2, 0.25) is 0 Å². The van der Waals surface area contributed by atoms with Crippen LogP contribution in [0.1, 0.15) is 5.56 Å². The van der Waals surface area contributed by atoms with E-state index in [2.05, 4.69) is 5.32 Å². The molecule has 0 bridgehead atoms. The zero-order valence-corrected chi connectivity index (χ0v) is 8.03. The monoisotopic (exact) mass is 177 g/mol. The van der Waals surface area contributed by atoms with Gasteiger partial charge in [0.15, 0.2) is 0 Å². The first kappa shape index (κ1) is 11.6. The number of rotatable bonds is 2. The molecule has 0 aromatic heterocycles. The van der Waals surface area contributed by atoms with Crippen LogP contribution in [-0.4, -0.2) is 20.4 Å². The summed E-state index contributed by atoms with van der Waals surface area (Å²) in [4.78, 5) is 9.89. The number of hydrogen-bond acceptors (Lipinski definition) is 2. The first-order chi connectivity index (χ1) is 6.35. The van der Waals surface area contributed by atoms with E-state index in [-0.39, 0.29) is 0 Å². The third kappa shape index (κ3) is 6.97. The van der Waals surface area contributed by atoms with E-state index >= 15 is 0 Å². The zero-order chi connectivity index (χ0) is 9.94. The topological polar surface area (TPSA) is 29.1 Å². The third-order valence-electron chi connectivity index (χ3n) is 1.17. The largest absolute Gasteiger partial charge is 0.323 e. The van der Waals surface area contributed by atoms with Crippen LogP contribution in [0.4, 0.5) is 0 Å². The van der Waals surface area contributed by atoms with Crippen molar-refractivity contribution in [3.05, 3.63) is 42.0 Å². The Hall–Kier alpha value is -1.41. The Balaban J connectivity index is 0.000000424. The van der Waals surface area contributed by atoms with Crippen LogP contribution in [0.15, 0.2) is 36.4 Å². The predicted molar refractivity (Wildman–Crippen MR) is 56.5 cm³/mol. The molecular weight excluding hydrogens is 162 g/mol. The van der Waals surface area contributed by atoms with Gasteiger partial charge in [0.1, 0.15) is 6.29 Å². The highest BCUT2D eigenvalue weighted by atomic mass is 16.1. The number of benzene rings is 1. The van der Waals surface area contributed by atoms with Crippen LogP contribution in [0.25, 0.3) is 6.08 Å². The van der Waals surface area contributed by atoms with Crippen LogP contribution in [-0.2, 0) is 4.79 Å². The highest BCUT2D eigenvalue weighted by molar-refractivity contribution is 5.73. The Morgan fingerprint density at radius 3 is 2.15 bits per heavy atom. The smallest absolute Gasteiger partial charge is 0.142 e. The Bertz CT molecular complexity index is 242. The molecule has 0 amide bonds. The van der Waals surface area contributed by atoms with Gasteiger partial charge in [0.05, 0.1) is 0 Å². The van der Waals surface area contributed by atoms with Crippen LogP contribution in [0.3, 0.4) is 0 Å². The van der Waals surface area contributed by atoms with Gasteiger partial charge >= 0.3 is 0 Å². The lowest BCUT2D eigenvalue weighted by Crippen LogP contribution is -1.89. The van der Waals surface area contributed by atoms with E-state index in [4.69, 9.17) is 0 Å². The van der Waals surface area contributed by atoms with Gasteiger partial charge in [-0.25, -0.2) is 0 Å². The van der Waals surface area contributed by atoms with Crippen molar-refractivity contribution in [2.75, 3.05) is 14.1 Å². The van der Waals surface area contributed by atoms with E-state index < -0.39 is 0 Å². The molecule has 70 valence electrons. The van der Waals surface area contributed by atoms with Crippen LogP contribution < -0.4 is 5.32 Å². The van der Waals surface area contributed by atoms with Gasteiger partial charge in [-0.1, -0.05) is 36.4 Å². The quantitative estimate of drug-likeness (QED) is 0.550. The van der Waals surface area contributed by atoms with Gasteiger partial charge in [0.25, 0.3) is 0 Å². The van der Waals surface area contributed by atoms with Crippen molar-refractivity contribution in [3.8, 4) is 0 Å². The molecule has 0 saturated heterocycles. The fraction of sp³-hybridized carbons (Fsp3) is 0.182. The van der Waals surface area contributed by atoms with Gasteiger partial charge in [-0.2, -0.15) is 0 Å². The van der Waals surface area contributed by atoms with E-state index in [0.717, 1.165) is 11.8 Å². The van der Waals surface area contributed by atoms with Crippen molar-refractivity contribution in [3.63, 3.8) is 0 Å². The molecule has 1 aromatic rings. The first-order valence-corrected chi connectivity index (χ1v) is 4.10. The number of aldehydes is 1. The minimum atomic E-state index is 0.771. The molecular formula is C11H15NO. The van der Waals surface area contributed by atoms with Gasteiger partial charge < -0.3 is 5.32 Å². The standard InChI is InChI=1S/C9H8O.C2H7N/c10-8-4-7-9-5-2-1-3-6-9;1-3-2/h1-8H;3H,1-2H3. The van der Waals surface area contributed by atoms with Crippen LogP contribution >= 0.6 is 0 Å². The SMILES string of the molecule is CNC.O=CC=Cc1ccccc1. The molecule has 2 nitrogen and oxygen atoms in total. The lowest BCUT2D eigenvalue weighted by Gasteiger charge is -1.86. The molecule has 0 atom stereocenters. The molecule has 0 radical (unpaired) electrons. The summed E-state index contributed by atoms with van der Waals surface area (Å²) in [6, 6.07) is 9.70. The van der Waals surface area contributed by atoms with Crippen molar-refractivity contribution in [1.29, 1.82) is 0 Å². The Morgan fingerprint density at radius 2 is 1.69 bits per heavy atom. The molecule has 1 aromatic carbocycles. The van der Waals surface area contributed by atoms with E-state index in [1.807, 2.05) is 44.4 Å². The van der Waals surface area contributed by atoms with Gasteiger partial charge in [0, 0.05) is 0 Å². The zero-order valence-electron chi connectivity index (χ0n) is 8.03. The van der Waals surface area contributed by atoms with Crippen LogP contribution in [0, 0.1) is 0 Å². The minimum absolute atomic E-state index is 0.771. The number of allylic oxidation sites excluding steroid dienone is 1. The maximum Gasteiger partial charge on any atom is 0.142 e. The number of carbonyl (C=O) groups is 1. The number of carbonyl (C=O) groups excluding carboxylic acids is 1. The van der Waals surface area contributed by atoms with E-state index in [1.54, 1.807) is 6.08 Å². The van der Waals surface area contributed by atoms with Crippen LogP contribution in [0.5, 0.6) is 0 Å². The summed E-state index contributed by atoms with van der Waals surface area (Å²) in [6.07, 6.45) is 4.02. The fourth-order valence-electron chi connectivity index (χ4n) is 0.715.